The number of aliphatic hydroxyl groups excluding tert-OH is 1. The molecule has 0 radical (unpaired) electrons. The number of hydrogen-bond donors (Lipinski definition) is 1. The summed E-state index contributed by atoms with van der Waals surface area (Å²) < 4.78 is 16.1. The van der Waals surface area contributed by atoms with Crippen LogP contribution in [-0.2, 0) is 4.74 Å². The fourth-order valence-corrected chi connectivity index (χ4v) is 2.47. The molecule has 0 saturated carbocycles. The SMILES string of the molecule is COc1ccc(OC)c(C(O)CCC2CCCO2)c1. The van der Waals surface area contributed by atoms with Crippen molar-refractivity contribution in [2.24, 2.45) is 0 Å². The number of benzene rings is 1. The number of ether oxygens (including phenoxy) is 3. The molecule has 1 heterocycles. The first-order valence-electron chi connectivity index (χ1n) is 6.76. The van der Waals surface area contributed by atoms with Gasteiger partial charge in [0.15, 0.2) is 0 Å². The molecule has 2 rings (SSSR count). The van der Waals surface area contributed by atoms with Gasteiger partial charge in [-0.2, -0.15) is 0 Å². The molecule has 2 atom stereocenters. The van der Waals surface area contributed by atoms with Crippen molar-refractivity contribution in [2.45, 2.75) is 37.9 Å². The lowest BCUT2D eigenvalue weighted by Crippen LogP contribution is -2.08. The van der Waals surface area contributed by atoms with Gasteiger partial charge in [-0.1, -0.05) is 0 Å². The zero-order valence-electron chi connectivity index (χ0n) is 11.6. The molecule has 1 aromatic carbocycles. The summed E-state index contributed by atoms with van der Waals surface area (Å²) in [6.07, 6.45) is 3.53. The lowest BCUT2D eigenvalue weighted by molar-refractivity contribution is 0.0805. The second kappa shape index (κ2) is 6.78. The fraction of sp³-hybridized carbons (Fsp3) is 0.600. The quantitative estimate of drug-likeness (QED) is 0.860. The molecule has 0 bridgehead atoms. The van der Waals surface area contributed by atoms with E-state index >= 15 is 0 Å². The zero-order valence-corrected chi connectivity index (χ0v) is 11.6. The molecule has 1 aliphatic heterocycles. The van der Waals surface area contributed by atoms with Crippen molar-refractivity contribution in [1.82, 2.24) is 0 Å². The average molecular weight is 266 g/mol. The minimum absolute atomic E-state index is 0.297. The van der Waals surface area contributed by atoms with E-state index in [9.17, 15) is 5.11 Å². The van der Waals surface area contributed by atoms with Crippen LogP contribution in [0.5, 0.6) is 11.5 Å². The Morgan fingerprint density at radius 3 is 2.84 bits per heavy atom. The molecule has 106 valence electrons. The maximum Gasteiger partial charge on any atom is 0.124 e. The van der Waals surface area contributed by atoms with Crippen molar-refractivity contribution in [3.8, 4) is 11.5 Å². The highest BCUT2D eigenvalue weighted by atomic mass is 16.5. The molecule has 2 unspecified atom stereocenters. The Labute approximate surface area is 114 Å². The topological polar surface area (TPSA) is 47.9 Å². The third-order valence-electron chi connectivity index (χ3n) is 3.58. The van der Waals surface area contributed by atoms with Crippen LogP contribution < -0.4 is 9.47 Å². The van der Waals surface area contributed by atoms with Crippen LogP contribution in [0.2, 0.25) is 0 Å². The molecule has 4 nitrogen and oxygen atoms in total. The number of hydrogen-bond acceptors (Lipinski definition) is 4. The van der Waals surface area contributed by atoms with E-state index in [0.717, 1.165) is 37.2 Å². The Morgan fingerprint density at radius 2 is 2.21 bits per heavy atom. The summed E-state index contributed by atoms with van der Waals surface area (Å²) in [6.45, 7) is 0.850. The minimum Gasteiger partial charge on any atom is -0.497 e. The molecule has 1 aliphatic rings. The van der Waals surface area contributed by atoms with Gasteiger partial charge in [-0.25, -0.2) is 0 Å². The summed E-state index contributed by atoms with van der Waals surface area (Å²) in [6, 6.07) is 5.48. The predicted molar refractivity (Wildman–Crippen MR) is 72.7 cm³/mol. The average Bonchev–Trinajstić information content (AvgIpc) is 2.97. The molecule has 0 amide bonds. The van der Waals surface area contributed by atoms with Gasteiger partial charge in [-0.15, -0.1) is 0 Å². The Morgan fingerprint density at radius 1 is 1.37 bits per heavy atom. The van der Waals surface area contributed by atoms with E-state index in [2.05, 4.69) is 0 Å². The largest absolute Gasteiger partial charge is 0.497 e. The molecule has 4 heteroatoms. The first-order chi connectivity index (χ1) is 9.24. The summed E-state index contributed by atoms with van der Waals surface area (Å²) in [5.41, 5.74) is 0.778. The van der Waals surface area contributed by atoms with Gasteiger partial charge in [0.1, 0.15) is 11.5 Å². The van der Waals surface area contributed by atoms with Gasteiger partial charge in [-0.3, -0.25) is 0 Å². The monoisotopic (exact) mass is 266 g/mol. The predicted octanol–water partition coefficient (Wildman–Crippen LogP) is 2.70. The van der Waals surface area contributed by atoms with E-state index in [-0.39, 0.29) is 0 Å². The normalized spacial score (nSPS) is 20.3. The van der Waals surface area contributed by atoms with Gasteiger partial charge in [0.25, 0.3) is 0 Å². The zero-order chi connectivity index (χ0) is 13.7. The third-order valence-corrected chi connectivity index (χ3v) is 3.58. The van der Waals surface area contributed by atoms with Crippen LogP contribution in [0.4, 0.5) is 0 Å². The molecule has 0 spiro atoms. The molecule has 19 heavy (non-hydrogen) atoms. The van der Waals surface area contributed by atoms with E-state index in [4.69, 9.17) is 14.2 Å². The standard InChI is InChI=1S/C15H22O4/c1-17-12-6-8-15(18-2)13(10-12)14(16)7-5-11-4-3-9-19-11/h6,8,10-11,14,16H,3-5,7,9H2,1-2H3. The molecule has 0 aliphatic carbocycles. The van der Waals surface area contributed by atoms with Crippen LogP contribution in [-0.4, -0.2) is 32.0 Å². The number of methoxy groups -OCH3 is 2. The summed E-state index contributed by atoms with van der Waals surface area (Å²) in [7, 11) is 3.22. The van der Waals surface area contributed by atoms with Gasteiger partial charge in [0, 0.05) is 12.2 Å². The Kier molecular flexibility index (Phi) is 5.05. The first-order valence-corrected chi connectivity index (χ1v) is 6.76. The second-order valence-corrected chi connectivity index (χ2v) is 4.84. The van der Waals surface area contributed by atoms with Crippen molar-refractivity contribution in [2.75, 3.05) is 20.8 Å². The lowest BCUT2D eigenvalue weighted by atomic mass is 10.0. The van der Waals surface area contributed by atoms with Crippen molar-refractivity contribution in [3.63, 3.8) is 0 Å². The van der Waals surface area contributed by atoms with Crippen molar-refractivity contribution >= 4 is 0 Å². The maximum atomic E-state index is 10.3. The van der Waals surface area contributed by atoms with Crippen LogP contribution >= 0.6 is 0 Å². The van der Waals surface area contributed by atoms with Crippen LogP contribution in [0.1, 0.15) is 37.4 Å². The van der Waals surface area contributed by atoms with E-state index in [1.54, 1.807) is 14.2 Å². The van der Waals surface area contributed by atoms with E-state index < -0.39 is 6.10 Å². The van der Waals surface area contributed by atoms with Crippen LogP contribution in [0, 0.1) is 0 Å². The summed E-state index contributed by atoms with van der Waals surface area (Å²) in [5.74, 6) is 1.42. The number of aliphatic hydroxyl groups is 1. The molecular formula is C15H22O4. The van der Waals surface area contributed by atoms with E-state index in [1.807, 2.05) is 18.2 Å². The highest BCUT2D eigenvalue weighted by molar-refractivity contribution is 5.41. The maximum absolute atomic E-state index is 10.3. The molecule has 1 saturated heterocycles. The van der Waals surface area contributed by atoms with Gasteiger partial charge in [0.2, 0.25) is 0 Å². The van der Waals surface area contributed by atoms with Crippen LogP contribution in [0.15, 0.2) is 18.2 Å². The number of rotatable bonds is 6. The van der Waals surface area contributed by atoms with Crippen LogP contribution in [0.3, 0.4) is 0 Å². The van der Waals surface area contributed by atoms with Crippen molar-refractivity contribution < 1.29 is 19.3 Å². The van der Waals surface area contributed by atoms with Gasteiger partial charge < -0.3 is 19.3 Å². The second-order valence-electron chi connectivity index (χ2n) is 4.84. The van der Waals surface area contributed by atoms with Gasteiger partial charge >= 0.3 is 0 Å². The summed E-state index contributed by atoms with van der Waals surface area (Å²) >= 11 is 0. The van der Waals surface area contributed by atoms with Gasteiger partial charge in [0.05, 0.1) is 26.4 Å². The fourth-order valence-electron chi connectivity index (χ4n) is 2.47. The smallest absolute Gasteiger partial charge is 0.124 e. The Balaban J connectivity index is 2.01. The summed E-state index contributed by atoms with van der Waals surface area (Å²) in [4.78, 5) is 0. The Hall–Kier alpha value is -1.26. The third kappa shape index (κ3) is 3.61. The van der Waals surface area contributed by atoms with E-state index in [1.165, 1.54) is 0 Å². The molecule has 0 aromatic heterocycles. The van der Waals surface area contributed by atoms with Crippen molar-refractivity contribution in [1.29, 1.82) is 0 Å². The lowest BCUT2D eigenvalue weighted by Gasteiger charge is -2.17. The molecular weight excluding hydrogens is 244 g/mol. The highest BCUT2D eigenvalue weighted by Crippen LogP contribution is 2.32. The molecule has 1 N–H and O–H groups in total. The van der Waals surface area contributed by atoms with Crippen LogP contribution in [0.25, 0.3) is 0 Å². The minimum atomic E-state index is -0.547. The van der Waals surface area contributed by atoms with Crippen molar-refractivity contribution in [3.05, 3.63) is 23.8 Å². The molecule has 1 aromatic rings. The Bertz CT molecular complexity index is 399. The highest BCUT2D eigenvalue weighted by Gasteiger charge is 2.20. The molecule has 1 fully saturated rings. The van der Waals surface area contributed by atoms with Gasteiger partial charge in [-0.05, 0) is 43.9 Å². The summed E-state index contributed by atoms with van der Waals surface area (Å²) in [5, 5.41) is 10.3. The van der Waals surface area contributed by atoms with E-state index in [0.29, 0.717) is 18.3 Å². The first kappa shape index (κ1) is 14.2.